The van der Waals surface area contributed by atoms with Gasteiger partial charge in [-0.25, -0.2) is 4.98 Å². The van der Waals surface area contributed by atoms with Crippen molar-refractivity contribution in [1.29, 1.82) is 0 Å². The van der Waals surface area contributed by atoms with Crippen LogP contribution in [0.4, 0.5) is 5.82 Å². The first-order valence-corrected chi connectivity index (χ1v) is 10.4. The Balaban J connectivity index is 1.75. The lowest BCUT2D eigenvalue weighted by molar-refractivity contribution is -0.155. The minimum Gasteiger partial charge on any atom is -0.463 e. The number of aryl methyl sites for hydroxylation is 1. The SMILES string of the molecule is C=C1Sc2c(nc(C)[nH]c2=O)N1[C@@H]1O[C@H](COC(=O)[C@@H](CC)C(C)C)[C@@H](O)[C@H]1O. The first kappa shape index (κ1) is 21.8. The number of aromatic amines is 1. The van der Waals surface area contributed by atoms with Gasteiger partial charge in [-0.15, -0.1) is 0 Å². The monoisotopic (exact) mass is 425 g/mol. The molecule has 0 radical (unpaired) electrons. The average Bonchev–Trinajstić information content (AvgIpc) is 3.10. The Morgan fingerprint density at radius 2 is 2.10 bits per heavy atom. The molecule has 2 aliphatic heterocycles. The Kier molecular flexibility index (Phi) is 6.37. The first-order valence-electron chi connectivity index (χ1n) is 9.60. The molecule has 0 bridgehead atoms. The summed E-state index contributed by atoms with van der Waals surface area (Å²) in [5.74, 6) is 0.267. The second-order valence-corrected chi connectivity index (χ2v) is 8.69. The Labute approximate surface area is 173 Å². The van der Waals surface area contributed by atoms with E-state index >= 15 is 0 Å². The first-order chi connectivity index (χ1) is 13.6. The molecule has 1 fully saturated rings. The van der Waals surface area contributed by atoms with Gasteiger partial charge < -0.3 is 24.7 Å². The number of aromatic nitrogens is 2. The smallest absolute Gasteiger partial charge is 0.309 e. The standard InChI is InChI=1S/C19H27N3O6S/c1-6-11(8(2)3)19(26)27-7-12-13(23)14(24)18(28-12)22-10(5)29-15-16(22)20-9(4)21-17(15)25/h8,11-14,18,23-24H,5-7H2,1-4H3,(H,20,21,25)/t11-,12+,13+,14+,18+/m0/s1. The zero-order chi connectivity index (χ0) is 21.5. The second-order valence-electron chi connectivity index (χ2n) is 7.60. The Morgan fingerprint density at radius 3 is 2.72 bits per heavy atom. The van der Waals surface area contributed by atoms with Crippen LogP contribution in [0.15, 0.2) is 21.3 Å². The molecule has 3 N–H and O–H groups in total. The fourth-order valence-corrected chi connectivity index (χ4v) is 4.53. The van der Waals surface area contributed by atoms with Crippen molar-refractivity contribution in [2.75, 3.05) is 11.5 Å². The Morgan fingerprint density at radius 1 is 1.41 bits per heavy atom. The number of nitrogens with zero attached hydrogens (tertiary/aromatic N) is 2. The van der Waals surface area contributed by atoms with Gasteiger partial charge in [0.05, 0.1) is 10.9 Å². The quantitative estimate of drug-likeness (QED) is 0.575. The third kappa shape index (κ3) is 4.07. The number of fused-ring (bicyclic) bond motifs is 1. The summed E-state index contributed by atoms with van der Waals surface area (Å²) in [6, 6.07) is 0. The Hall–Kier alpha value is -1.88. The molecule has 1 saturated heterocycles. The maximum Gasteiger partial charge on any atom is 0.309 e. The van der Waals surface area contributed by atoms with Crippen LogP contribution in [0.3, 0.4) is 0 Å². The minimum atomic E-state index is -1.30. The van der Waals surface area contributed by atoms with Crippen LogP contribution in [0, 0.1) is 18.8 Å². The van der Waals surface area contributed by atoms with Gasteiger partial charge in [0.15, 0.2) is 12.0 Å². The van der Waals surface area contributed by atoms with Crippen molar-refractivity contribution < 1.29 is 24.5 Å². The van der Waals surface area contributed by atoms with Crippen LogP contribution in [0.1, 0.15) is 33.0 Å². The summed E-state index contributed by atoms with van der Waals surface area (Å²) in [6.45, 7) is 11.2. The van der Waals surface area contributed by atoms with Crippen molar-refractivity contribution in [3.05, 3.63) is 27.8 Å². The zero-order valence-electron chi connectivity index (χ0n) is 16.9. The van der Waals surface area contributed by atoms with Crippen molar-refractivity contribution in [1.82, 2.24) is 9.97 Å². The molecule has 0 aliphatic carbocycles. The van der Waals surface area contributed by atoms with E-state index in [0.717, 1.165) is 11.8 Å². The van der Waals surface area contributed by atoms with Crippen LogP contribution in [0.5, 0.6) is 0 Å². The Bertz CT molecular complexity index is 857. The maximum absolute atomic E-state index is 12.3. The van der Waals surface area contributed by atoms with Gasteiger partial charge in [0, 0.05) is 0 Å². The maximum atomic E-state index is 12.3. The lowest BCUT2D eigenvalue weighted by Gasteiger charge is -2.27. The number of hydrogen-bond donors (Lipinski definition) is 3. The van der Waals surface area contributed by atoms with Crippen molar-refractivity contribution >= 4 is 23.5 Å². The summed E-state index contributed by atoms with van der Waals surface area (Å²) < 4.78 is 11.2. The number of thioether (sulfide) groups is 1. The third-order valence-corrected chi connectivity index (χ3v) is 6.23. The number of rotatable bonds is 6. The molecule has 0 amide bonds. The molecular weight excluding hydrogens is 398 g/mol. The lowest BCUT2D eigenvalue weighted by atomic mass is 9.93. The molecule has 3 heterocycles. The molecule has 5 atom stereocenters. The summed E-state index contributed by atoms with van der Waals surface area (Å²) in [6.07, 6.45) is -3.83. The van der Waals surface area contributed by atoms with E-state index in [1.54, 1.807) is 6.92 Å². The molecule has 10 heteroatoms. The van der Waals surface area contributed by atoms with Crippen molar-refractivity contribution in [3.63, 3.8) is 0 Å². The van der Waals surface area contributed by atoms with Crippen LogP contribution in [0.2, 0.25) is 0 Å². The average molecular weight is 426 g/mol. The van der Waals surface area contributed by atoms with E-state index in [4.69, 9.17) is 9.47 Å². The van der Waals surface area contributed by atoms with Gasteiger partial charge in [-0.1, -0.05) is 39.1 Å². The van der Waals surface area contributed by atoms with Gasteiger partial charge in [0.1, 0.15) is 35.6 Å². The van der Waals surface area contributed by atoms with Gasteiger partial charge >= 0.3 is 5.97 Å². The zero-order valence-corrected chi connectivity index (χ0v) is 17.7. The fraction of sp³-hybridized carbons (Fsp3) is 0.632. The van der Waals surface area contributed by atoms with Gasteiger partial charge in [-0.05, 0) is 19.3 Å². The predicted octanol–water partition coefficient (Wildman–Crippen LogP) is 1.13. The number of H-pyrrole nitrogens is 1. The van der Waals surface area contributed by atoms with E-state index in [9.17, 15) is 19.8 Å². The normalized spacial score (nSPS) is 27.4. The molecule has 0 aromatic carbocycles. The molecule has 2 aliphatic rings. The second kappa shape index (κ2) is 8.47. The highest BCUT2D eigenvalue weighted by Crippen LogP contribution is 2.45. The van der Waals surface area contributed by atoms with Crippen molar-refractivity contribution in [2.45, 2.75) is 63.6 Å². The van der Waals surface area contributed by atoms with Crippen LogP contribution in [-0.4, -0.2) is 57.3 Å². The van der Waals surface area contributed by atoms with Crippen LogP contribution < -0.4 is 10.5 Å². The van der Waals surface area contributed by atoms with Crippen molar-refractivity contribution in [2.24, 2.45) is 11.8 Å². The van der Waals surface area contributed by atoms with Crippen LogP contribution in [-0.2, 0) is 14.3 Å². The highest BCUT2D eigenvalue weighted by Gasteiger charge is 2.49. The number of aliphatic hydroxyl groups is 2. The van der Waals surface area contributed by atoms with Crippen LogP contribution >= 0.6 is 11.8 Å². The minimum absolute atomic E-state index is 0.133. The molecule has 1 aromatic heterocycles. The van der Waals surface area contributed by atoms with E-state index < -0.39 is 24.5 Å². The summed E-state index contributed by atoms with van der Waals surface area (Å²) in [5.41, 5.74) is -0.307. The molecule has 1 aromatic rings. The lowest BCUT2D eigenvalue weighted by Crippen LogP contribution is -2.42. The van der Waals surface area contributed by atoms with Gasteiger partial charge in [-0.2, -0.15) is 0 Å². The number of nitrogens with one attached hydrogen (secondary N) is 1. The summed E-state index contributed by atoms with van der Waals surface area (Å²) in [4.78, 5) is 33.3. The topological polar surface area (TPSA) is 125 Å². The molecule has 0 saturated carbocycles. The highest BCUT2D eigenvalue weighted by atomic mass is 32.2. The number of hydrogen-bond acceptors (Lipinski definition) is 9. The molecule has 0 spiro atoms. The highest BCUT2D eigenvalue weighted by molar-refractivity contribution is 8.03. The molecule has 9 nitrogen and oxygen atoms in total. The van der Waals surface area contributed by atoms with E-state index in [1.807, 2.05) is 20.8 Å². The largest absolute Gasteiger partial charge is 0.463 e. The van der Waals surface area contributed by atoms with Gasteiger partial charge in [0.2, 0.25) is 0 Å². The molecule has 3 rings (SSSR count). The summed E-state index contributed by atoms with van der Waals surface area (Å²) >= 11 is 1.12. The van der Waals surface area contributed by atoms with E-state index in [0.29, 0.717) is 28.0 Å². The molecule has 160 valence electrons. The van der Waals surface area contributed by atoms with Gasteiger partial charge in [0.25, 0.3) is 5.56 Å². The molecule has 0 unspecified atom stereocenters. The predicted molar refractivity (Wildman–Crippen MR) is 107 cm³/mol. The van der Waals surface area contributed by atoms with Gasteiger partial charge in [-0.3, -0.25) is 14.5 Å². The number of carbonyl (C=O) groups is 1. The van der Waals surface area contributed by atoms with E-state index in [1.165, 1.54) is 4.90 Å². The van der Waals surface area contributed by atoms with Crippen molar-refractivity contribution in [3.8, 4) is 0 Å². The summed E-state index contributed by atoms with van der Waals surface area (Å²) in [5, 5.41) is 21.4. The number of ether oxygens (including phenoxy) is 2. The van der Waals surface area contributed by atoms with E-state index in [2.05, 4.69) is 16.5 Å². The number of esters is 1. The molecule has 29 heavy (non-hydrogen) atoms. The third-order valence-electron chi connectivity index (χ3n) is 5.22. The fourth-order valence-electron chi connectivity index (χ4n) is 3.62. The number of anilines is 1. The number of aliphatic hydroxyl groups excluding tert-OH is 2. The number of carbonyl (C=O) groups excluding carboxylic acids is 1. The van der Waals surface area contributed by atoms with E-state index in [-0.39, 0.29) is 30.0 Å². The molecular formula is C19H27N3O6S. The summed E-state index contributed by atoms with van der Waals surface area (Å²) in [7, 11) is 0. The van der Waals surface area contributed by atoms with Crippen LogP contribution in [0.25, 0.3) is 0 Å².